The van der Waals surface area contributed by atoms with Crippen LogP contribution in [0.3, 0.4) is 0 Å². The molecule has 3 nitrogen and oxygen atoms in total. The lowest BCUT2D eigenvalue weighted by molar-refractivity contribution is 0.214. The fourth-order valence-corrected chi connectivity index (χ4v) is 1.62. The predicted molar refractivity (Wildman–Crippen MR) is 62.7 cm³/mol. The topological polar surface area (TPSA) is 37.2 Å². The highest BCUT2D eigenvalue weighted by Gasteiger charge is 2.20. The third-order valence-electron chi connectivity index (χ3n) is 3.06. The van der Waals surface area contributed by atoms with Crippen LogP contribution in [0, 0.1) is 0 Å². The van der Waals surface area contributed by atoms with Gasteiger partial charge in [-0.1, -0.05) is 6.92 Å². The first-order valence-electron chi connectivity index (χ1n) is 5.56. The fraction of sp³-hybridized carbons (Fsp3) is 0.667. The van der Waals surface area contributed by atoms with E-state index in [0.717, 1.165) is 19.4 Å². The molecule has 1 unspecified atom stereocenters. The molecule has 0 aliphatic carbocycles. The molecule has 0 aliphatic heterocycles. The third kappa shape index (κ3) is 3.68. The van der Waals surface area contributed by atoms with Gasteiger partial charge < -0.3 is 15.0 Å². The minimum Gasteiger partial charge on any atom is -0.396 e. The van der Waals surface area contributed by atoms with Crippen LogP contribution in [0.1, 0.15) is 32.3 Å². The molecule has 1 atom stereocenters. The second-order valence-electron chi connectivity index (χ2n) is 4.43. The minimum atomic E-state index is 0.0462. The second-order valence-corrected chi connectivity index (χ2v) is 4.43. The molecular weight excluding hydrogens is 188 g/mol. The van der Waals surface area contributed by atoms with Gasteiger partial charge in [0.05, 0.1) is 0 Å². The number of nitrogens with zero attached hydrogens (tertiary/aromatic N) is 1. The van der Waals surface area contributed by atoms with Gasteiger partial charge in [0.25, 0.3) is 0 Å². The summed E-state index contributed by atoms with van der Waals surface area (Å²) in [6.45, 7) is 5.41. The van der Waals surface area contributed by atoms with Gasteiger partial charge in [-0.15, -0.1) is 0 Å². The van der Waals surface area contributed by atoms with Crippen LogP contribution in [0.15, 0.2) is 18.5 Å². The number of aromatic nitrogens is 1. The van der Waals surface area contributed by atoms with Crippen molar-refractivity contribution in [1.82, 2.24) is 9.88 Å². The highest BCUT2D eigenvalue weighted by Crippen LogP contribution is 2.14. The number of nitrogens with one attached hydrogen (secondary N) is 1. The summed E-state index contributed by atoms with van der Waals surface area (Å²) in [6, 6.07) is 2.11. The van der Waals surface area contributed by atoms with Crippen molar-refractivity contribution in [2.24, 2.45) is 7.05 Å². The van der Waals surface area contributed by atoms with E-state index < -0.39 is 0 Å². The zero-order valence-electron chi connectivity index (χ0n) is 9.95. The van der Waals surface area contributed by atoms with Gasteiger partial charge in [0.1, 0.15) is 0 Å². The van der Waals surface area contributed by atoms with E-state index in [4.69, 9.17) is 5.11 Å². The molecule has 1 aromatic heterocycles. The summed E-state index contributed by atoms with van der Waals surface area (Å²) in [4.78, 5) is 0. The summed E-state index contributed by atoms with van der Waals surface area (Å²) in [5.74, 6) is 0. The fourth-order valence-electron chi connectivity index (χ4n) is 1.62. The Balaban J connectivity index is 2.47. The summed E-state index contributed by atoms with van der Waals surface area (Å²) in [5, 5.41) is 12.5. The van der Waals surface area contributed by atoms with Crippen LogP contribution in [0.25, 0.3) is 0 Å². The first-order valence-corrected chi connectivity index (χ1v) is 5.56. The van der Waals surface area contributed by atoms with Gasteiger partial charge in [0, 0.05) is 38.1 Å². The molecule has 0 spiro atoms. The van der Waals surface area contributed by atoms with Crippen LogP contribution < -0.4 is 5.32 Å². The summed E-state index contributed by atoms with van der Waals surface area (Å²) in [5.41, 5.74) is 1.33. The lowest BCUT2D eigenvalue weighted by atomic mass is 9.95. The standard InChI is InChI=1S/C12H22N2O/c1-4-12(2,6-8-15)13-9-11-5-7-14(3)10-11/h5,7,10,13,15H,4,6,8-9H2,1-3H3. The molecule has 0 bridgehead atoms. The van der Waals surface area contributed by atoms with Gasteiger partial charge in [-0.3, -0.25) is 0 Å². The van der Waals surface area contributed by atoms with Crippen molar-refractivity contribution >= 4 is 0 Å². The van der Waals surface area contributed by atoms with E-state index in [-0.39, 0.29) is 12.1 Å². The summed E-state index contributed by atoms with van der Waals surface area (Å²) in [6.07, 6.45) is 5.99. The molecule has 0 saturated heterocycles. The van der Waals surface area contributed by atoms with Gasteiger partial charge in [0.2, 0.25) is 0 Å². The average molecular weight is 210 g/mol. The Hall–Kier alpha value is -0.800. The first kappa shape index (κ1) is 12.3. The number of aliphatic hydroxyl groups excluding tert-OH is 1. The lowest BCUT2D eigenvalue weighted by Gasteiger charge is -2.29. The molecular formula is C12H22N2O. The Bertz CT molecular complexity index is 296. The molecule has 1 aromatic rings. The molecule has 0 saturated carbocycles. The molecule has 0 aromatic carbocycles. The van der Waals surface area contributed by atoms with Crippen LogP contribution >= 0.6 is 0 Å². The van der Waals surface area contributed by atoms with E-state index in [0.29, 0.717) is 0 Å². The normalized spacial score (nSPS) is 15.2. The Labute approximate surface area is 92.1 Å². The number of aryl methyl sites for hydroxylation is 1. The Morgan fingerprint density at radius 3 is 2.73 bits per heavy atom. The summed E-state index contributed by atoms with van der Waals surface area (Å²) in [7, 11) is 2.02. The van der Waals surface area contributed by atoms with E-state index >= 15 is 0 Å². The van der Waals surface area contributed by atoms with Gasteiger partial charge >= 0.3 is 0 Å². The number of hydrogen-bond acceptors (Lipinski definition) is 2. The van der Waals surface area contributed by atoms with Crippen molar-refractivity contribution in [2.45, 2.75) is 38.8 Å². The van der Waals surface area contributed by atoms with Gasteiger partial charge in [-0.25, -0.2) is 0 Å². The number of aliphatic hydroxyl groups is 1. The Morgan fingerprint density at radius 2 is 2.27 bits per heavy atom. The molecule has 1 heterocycles. The van der Waals surface area contributed by atoms with Crippen molar-refractivity contribution in [2.75, 3.05) is 6.61 Å². The highest BCUT2D eigenvalue weighted by atomic mass is 16.3. The molecule has 86 valence electrons. The maximum atomic E-state index is 8.99. The largest absolute Gasteiger partial charge is 0.396 e. The molecule has 0 aliphatic rings. The minimum absolute atomic E-state index is 0.0462. The van der Waals surface area contributed by atoms with E-state index in [9.17, 15) is 0 Å². The van der Waals surface area contributed by atoms with Crippen LogP contribution in [0.2, 0.25) is 0 Å². The SMILES string of the molecule is CCC(C)(CCO)NCc1ccn(C)c1. The van der Waals surface area contributed by atoms with Crippen LogP contribution in [0.4, 0.5) is 0 Å². The van der Waals surface area contributed by atoms with Crippen LogP contribution in [-0.2, 0) is 13.6 Å². The van der Waals surface area contributed by atoms with Crippen molar-refractivity contribution in [3.8, 4) is 0 Å². The van der Waals surface area contributed by atoms with Crippen molar-refractivity contribution in [3.63, 3.8) is 0 Å². The molecule has 0 radical (unpaired) electrons. The highest BCUT2D eigenvalue weighted by molar-refractivity contribution is 5.10. The molecule has 0 amide bonds. The van der Waals surface area contributed by atoms with E-state index in [1.165, 1.54) is 5.56 Å². The van der Waals surface area contributed by atoms with Crippen LogP contribution in [-0.4, -0.2) is 21.8 Å². The smallest absolute Gasteiger partial charge is 0.0448 e. The molecule has 0 fully saturated rings. The van der Waals surface area contributed by atoms with Crippen molar-refractivity contribution in [3.05, 3.63) is 24.0 Å². The maximum Gasteiger partial charge on any atom is 0.0448 e. The maximum absolute atomic E-state index is 8.99. The molecule has 1 rings (SSSR count). The predicted octanol–water partition coefficient (Wildman–Crippen LogP) is 1.67. The first-order chi connectivity index (χ1) is 7.09. The lowest BCUT2D eigenvalue weighted by Crippen LogP contribution is -2.41. The van der Waals surface area contributed by atoms with Crippen molar-refractivity contribution < 1.29 is 5.11 Å². The monoisotopic (exact) mass is 210 g/mol. The second kappa shape index (κ2) is 5.33. The zero-order valence-corrected chi connectivity index (χ0v) is 9.95. The average Bonchev–Trinajstić information content (AvgIpc) is 2.62. The van der Waals surface area contributed by atoms with E-state index in [1.807, 2.05) is 17.8 Å². The quantitative estimate of drug-likeness (QED) is 0.749. The summed E-state index contributed by atoms with van der Waals surface area (Å²) >= 11 is 0. The Kier molecular flexibility index (Phi) is 4.36. The zero-order chi connectivity index (χ0) is 11.3. The third-order valence-corrected chi connectivity index (χ3v) is 3.06. The molecule has 3 heteroatoms. The molecule has 15 heavy (non-hydrogen) atoms. The Morgan fingerprint density at radius 1 is 1.53 bits per heavy atom. The van der Waals surface area contributed by atoms with Crippen molar-refractivity contribution in [1.29, 1.82) is 0 Å². The summed E-state index contributed by atoms with van der Waals surface area (Å²) < 4.78 is 2.05. The van der Waals surface area contributed by atoms with E-state index in [1.54, 1.807) is 0 Å². The van der Waals surface area contributed by atoms with E-state index in [2.05, 4.69) is 31.4 Å². The van der Waals surface area contributed by atoms with Crippen LogP contribution in [0.5, 0.6) is 0 Å². The van der Waals surface area contributed by atoms with Gasteiger partial charge in [0.15, 0.2) is 0 Å². The molecule has 2 N–H and O–H groups in total. The van der Waals surface area contributed by atoms with Gasteiger partial charge in [-0.2, -0.15) is 0 Å². The number of rotatable bonds is 6. The van der Waals surface area contributed by atoms with Gasteiger partial charge in [-0.05, 0) is 31.4 Å². The number of hydrogen-bond donors (Lipinski definition) is 2.